The van der Waals surface area contributed by atoms with Gasteiger partial charge in [0.25, 0.3) is 0 Å². The fraction of sp³-hybridized carbons (Fsp3) is 0.235. The number of nitrogens with one attached hydrogen (secondary N) is 1. The van der Waals surface area contributed by atoms with Gasteiger partial charge in [-0.15, -0.1) is 11.8 Å². The number of anilines is 1. The van der Waals surface area contributed by atoms with Gasteiger partial charge >= 0.3 is 0 Å². The summed E-state index contributed by atoms with van der Waals surface area (Å²) < 4.78 is 25.1. The van der Waals surface area contributed by atoms with E-state index in [-0.39, 0.29) is 24.3 Å². The summed E-state index contributed by atoms with van der Waals surface area (Å²) in [4.78, 5) is 12.0. The minimum absolute atomic E-state index is 0.167. The summed E-state index contributed by atoms with van der Waals surface area (Å²) in [6.07, 6.45) is 0. The van der Waals surface area contributed by atoms with E-state index in [9.17, 15) is 9.18 Å². The van der Waals surface area contributed by atoms with E-state index < -0.39 is 0 Å². The van der Waals surface area contributed by atoms with Gasteiger partial charge in [0.1, 0.15) is 5.82 Å². The summed E-state index contributed by atoms with van der Waals surface area (Å²) in [6.45, 7) is 1.91. The molecule has 1 N–H and O–H groups in total. The maximum Gasteiger partial charge on any atom is 0.234 e. The van der Waals surface area contributed by atoms with Crippen LogP contribution in [0.1, 0.15) is 11.1 Å². The Kier molecular flexibility index (Phi) is 5.30. The fourth-order valence-electron chi connectivity index (χ4n) is 2.19. The number of carbonyl (C=O) groups excluding carboxylic acids is 1. The van der Waals surface area contributed by atoms with Gasteiger partial charge in [-0.1, -0.05) is 22.0 Å². The third-order valence-corrected chi connectivity index (χ3v) is 5.21. The summed E-state index contributed by atoms with van der Waals surface area (Å²) in [5, 5.41) is 2.70. The molecule has 0 aromatic heterocycles. The number of hydrogen-bond acceptors (Lipinski definition) is 4. The normalized spacial score (nSPS) is 12.3. The van der Waals surface area contributed by atoms with E-state index in [1.54, 1.807) is 19.1 Å². The van der Waals surface area contributed by atoms with Crippen molar-refractivity contribution in [3.05, 3.63) is 51.7 Å². The largest absolute Gasteiger partial charge is 0.454 e. The number of hydrogen-bond donors (Lipinski definition) is 1. The van der Waals surface area contributed by atoms with E-state index >= 15 is 0 Å². The molecule has 1 amide bonds. The van der Waals surface area contributed by atoms with Gasteiger partial charge in [-0.3, -0.25) is 4.79 Å². The maximum absolute atomic E-state index is 13.5. The van der Waals surface area contributed by atoms with Crippen molar-refractivity contribution in [2.75, 3.05) is 17.9 Å². The Balaban J connectivity index is 1.53. The molecule has 0 bridgehead atoms. The van der Waals surface area contributed by atoms with Crippen LogP contribution < -0.4 is 14.8 Å². The number of rotatable bonds is 5. The first kappa shape index (κ1) is 17.1. The van der Waals surface area contributed by atoms with Gasteiger partial charge in [-0.25, -0.2) is 4.39 Å². The van der Waals surface area contributed by atoms with Crippen LogP contribution in [0.15, 0.2) is 34.8 Å². The third-order valence-electron chi connectivity index (χ3n) is 3.49. The molecule has 0 spiro atoms. The second-order valence-electron chi connectivity index (χ2n) is 5.30. The highest BCUT2D eigenvalue weighted by molar-refractivity contribution is 9.10. The number of halogens is 2. The first-order valence-electron chi connectivity index (χ1n) is 7.24. The monoisotopic (exact) mass is 411 g/mol. The first-order chi connectivity index (χ1) is 11.5. The van der Waals surface area contributed by atoms with Crippen LogP contribution in [0, 0.1) is 12.7 Å². The van der Waals surface area contributed by atoms with Crippen molar-refractivity contribution in [2.45, 2.75) is 12.7 Å². The SMILES string of the molecule is Cc1ccc(NC(=O)CSCc2cc3c(cc2Br)OCO3)cc1F. The van der Waals surface area contributed by atoms with Crippen LogP contribution in [-0.2, 0) is 10.5 Å². The molecule has 0 atom stereocenters. The Morgan fingerprint density at radius 1 is 1.29 bits per heavy atom. The Bertz CT molecular complexity index is 785. The fourth-order valence-corrected chi connectivity index (χ4v) is 3.66. The van der Waals surface area contributed by atoms with Gasteiger partial charge in [0.2, 0.25) is 12.7 Å². The second kappa shape index (κ2) is 7.44. The average Bonchev–Trinajstić information content (AvgIpc) is 2.98. The van der Waals surface area contributed by atoms with E-state index in [0.717, 1.165) is 15.8 Å². The van der Waals surface area contributed by atoms with Crippen LogP contribution in [-0.4, -0.2) is 18.5 Å². The predicted molar refractivity (Wildman–Crippen MR) is 96.2 cm³/mol. The number of aryl methyl sites for hydroxylation is 1. The zero-order valence-electron chi connectivity index (χ0n) is 12.9. The number of carbonyl (C=O) groups is 1. The van der Waals surface area contributed by atoms with Crippen molar-refractivity contribution in [1.29, 1.82) is 0 Å². The molecule has 1 aliphatic rings. The molecule has 1 aliphatic heterocycles. The second-order valence-corrected chi connectivity index (χ2v) is 7.14. The van der Waals surface area contributed by atoms with Gasteiger partial charge in [0, 0.05) is 15.9 Å². The molecule has 4 nitrogen and oxygen atoms in total. The summed E-state index contributed by atoms with van der Waals surface area (Å²) in [5.41, 5.74) is 2.04. The van der Waals surface area contributed by atoms with E-state index in [1.807, 2.05) is 12.1 Å². The lowest BCUT2D eigenvalue weighted by Crippen LogP contribution is -2.14. The van der Waals surface area contributed by atoms with Crippen molar-refractivity contribution in [1.82, 2.24) is 0 Å². The van der Waals surface area contributed by atoms with Crippen molar-refractivity contribution in [3.8, 4) is 11.5 Å². The smallest absolute Gasteiger partial charge is 0.234 e. The summed E-state index contributed by atoms with van der Waals surface area (Å²) in [7, 11) is 0. The van der Waals surface area contributed by atoms with Crippen LogP contribution in [0.25, 0.3) is 0 Å². The molecule has 0 fully saturated rings. The lowest BCUT2D eigenvalue weighted by molar-refractivity contribution is -0.113. The molecule has 0 unspecified atom stereocenters. The zero-order chi connectivity index (χ0) is 17.1. The molecular formula is C17H15BrFNO3S. The lowest BCUT2D eigenvalue weighted by Gasteiger charge is -2.08. The van der Waals surface area contributed by atoms with E-state index in [1.165, 1.54) is 17.8 Å². The molecule has 7 heteroatoms. The van der Waals surface area contributed by atoms with Crippen molar-refractivity contribution in [3.63, 3.8) is 0 Å². The van der Waals surface area contributed by atoms with Gasteiger partial charge in [-0.05, 0) is 42.3 Å². The zero-order valence-corrected chi connectivity index (χ0v) is 15.3. The number of thioether (sulfide) groups is 1. The number of ether oxygens (including phenoxy) is 2. The van der Waals surface area contributed by atoms with Crippen LogP contribution in [0.4, 0.5) is 10.1 Å². The predicted octanol–water partition coefficient (Wildman–Crippen LogP) is 4.50. The number of fused-ring (bicyclic) bond motifs is 1. The van der Waals surface area contributed by atoms with Gasteiger partial charge in [0.15, 0.2) is 11.5 Å². The van der Waals surface area contributed by atoms with Crippen LogP contribution in [0.5, 0.6) is 11.5 Å². The van der Waals surface area contributed by atoms with Gasteiger partial charge < -0.3 is 14.8 Å². The van der Waals surface area contributed by atoms with E-state index in [2.05, 4.69) is 21.2 Å². The summed E-state index contributed by atoms with van der Waals surface area (Å²) >= 11 is 4.96. The number of amides is 1. The molecule has 3 rings (SSSR count). The molecular weight excluding hydrogens is 397 g/mol. The average molecular weight is 412 g/mol. The lowest BCUT2D eigenvalue weighted by atomic mass is 10.2. The molecule has 2 aromatic rings. The van der Waals surface area contributed by atoms with Crippen LogP contribution in [0.2, 0.25) is 0 Å². The van der Waals surface area contributed by atoms with Crippen molar-refractivity contribution >= 4 is 39.3 Å². The standard InChI is InChI=1S/C17H15BrFNO3S/c1-10-2-3-12(5-14(10)19)20-17(21)8-24-7-11-4-15-16(6-13(11)18)23-9-22-15/h2-6H,7-9H2,1H3,(H,20,21). The van der Waals surface area contributed by atoms with Crippen LogP contribution >= 0.6 is 27.7 Å². The Morgan fingerprint density at radius 3 is 2.79 bits per heavy atom. The first-order valence-corrected chi connectivity index (χ1v) is 9.19. The van der Waals surface area contributed by atoms with Crippen LogP contribution in [0.3, 0.4) is 0 Å². The highest BCUT2D eigenvalue weighted by atomic mass is 79.9. The Morgan fingerprint density at radius 2 is 2.04 bits per heavy atom. The molecule has 0 saturated heterocycles. The molecule has 2 aromatic carbocycles. The molecule has 0 aliphatic carbocycles. The Labute approximate surface area is 151 Å². The van der Waals surface area contributed by atoms with Crippen molar-refractivity contribution in [2.24, 2.45) is 0 Å². The quantitative estimate of drug-likeness (QED) is 0.786. The van der Waals surface area contributed by atoms with Gasteiger partial charge in [-0.2, -0.15) is 0 Å². The molecule has 0 saturated carbocycles. The van der Waals surface area contributed by atoms with Crippen molar-refractivity contribution < 1.29 is 18.7 Å². The Hall–Kier alpha value is -1.73. The molecule has 1 heterocycles. The van der Waals surface area contributed by atoms with E-state index in [4.69, 9.17) is 9.47 Å². The maximum atomic E-state index is 13.5. The minimum Gasteiger partial charge on any atom is -0.454 e. The summed E-state index contributed by atoms with van der Waals surface area (Å²) in [5.74, 6) is 1.86. The molecule has 0 radical (unpaired) electrons. The molecule has 24 heavy (non-hydrogen) atoms. The minimum atomic E-state index is -0.329. The summed E-state index contributed by atoms with van der Waals surface area (Å²) in [6, 6.07) is 8.43. The highest BCUT2D eigenvalue weighted by Crippen LogP contribution is 2.38. The molecule has 126 valence electrons. The van der Waals surface area contributed by atoms with Gasteiger partial charge in [0.05, 0.1) is 5.75 Å². The highest BCUT2D eigenvalue weighted by Gasteiger charge is 2.16. The topological polar surface area (TPSA) is 47.6 Å². The number of benzene rings is 2. The van der Waals surface area contributed by atoms with E-state index in [0.29, 0.717) is 22.8 Å². The third kappa shape index (κ3) is 4.02.